The third kappa shape index (κ3) is 2.94. The number of benzene rings is 2. The molecule has 0 aromatic heterocycles. The van der Waals surface area contributed by atoms with E-state index in [1.54, 1.807) is 0 Å². The fraction of sp³-hybridized carbons (Fsp3) is 0.480. The minimum absolute atomic E-state index is 0.111. The van der Waals surface area contributed by atoms with Crippen molar-refractivity contribution in [3.05, 3.63) is 60.7 Å². The Bertz CT molecular complexity index is 861. The van der Waals surface area contributed by atoms with Gasteiger partial charge >= 0.3 is 6.09 Å². The zero-order valence-corrected chi connectivity index (χ0v) is 18.1. The number of rotatable bonds is 2. The summed E-state index contributed by atoms with van der Waals surface area (Å²) < 4.78 is 5.84. The van der Waals surface area contributed by atoms with Crippen LogP contribution in [0.3, 0.4) is 0 Å². The summed E-state index contributed by atoms with van der Waals surface area (Å²) in [6.07, 6.45) is 2.84. The Morgan fingerprint density at radius 2 is 1.43 bits per heavy atom. The zero-order valence-electron chi connectivity index (χ0n) is 18.1. The number of hydrogen-bond acceptors (Lipinski definition) is 4. The molecule has 5 rings (SSSR count). The lowest BCUT2D eigenvalue weighted by Crippen LogP contribution is -2.62. The predicted octanol–water partition coefficient (Wildman–Crippen LogP) is 4.88. The molecule has 2 aromatic rings. The molecule has 0 N–H and O–H groups in total. The highest BCUT2D eigenvalue weighted by molar-refractivity contribution is 5.73. The molecule has 3 aliphatic rings. The van der Waals surface area contributed by atoms with E-state index in [2.05, 4.69) is 75.4 Å². The molecule has 2 bridgehead atoms. The van der Waals surface area contributed by atoms with Gasteiger partial charge in [0.15, 0.2) is 0 Å². The third-order valence-electron chi connectivity index (χ3n) is 6.79. The number of anilines is 2. The molecule has 2 aromatic carbocycles. The van der Waals surface area contributed by atoms with Gasteiger partial charge in [0, 0.05) is 36.9 Å². The Hall–Kier alpha value is -2.69. The first-order valence-corrected chi connectivity index (χ1v) is 11.1. The minimum Gasteiger partial charge on any atom is -0.444 e. The Labute approximate surface area is 179 Å². The van der Waals surface area contributed by atoms with Crippen molar-refractivity contribution in [1.82, 2.24) is 4.90 Å². The van der Waals surface area contributed by atoms with Gasteiger partial charge in [-0.2, -0.15) is 0 Å². The van der Waals surface area contributed by atoms with Crippen LogP contribution >= 0.6 is 0 Å². The van der Waals surface area contributed by atoms with Crippen LogP contribution in [-0.4, -0.2) is 47.4 Å². The molecular weight excluding hydrogens is 374 g/mol. The maximum absolute atomic E-state index is 13.2. The standard InChI is InChI=1S/C25H31N3O2/c1-24(2,3)30-23(29)28-21-14-15-22(28)25(18-21)26(19-10-6-4-7-11-19)16-17-27(25)20-12-8-5-9-13-20/h4-13,21-22H,14-18H2,1-3H3. The average molecular weight is 406 g/mol. The minimum atomic E-state index is -0.486. The fourth-order valence-corrected chi connectivity index (χ4v) is 5.85. The van der Waals surface area contributed by atoms with Crippen molar-refractivity contribution >= 4 is 17.5 Å². The molecule has 30 heavy (non-hydrogen) atoms. The molecule has 3 heterocycles. The van der Waals surface area contributed by atoms with E-state index < -0.39 is 5.60 Å². The van der Waals surface area contributed by atoms with Crippen molar-refractivity contribution in [3.8, 4) is 0 Å². The van der Waals surface area contributed by atoms with E-state index in [1.807, 2.05) is 20.8 Å². The summed E-state index contributed by atoms with van der Waals surface area (Å²) in [6.45, 7) is 7.73. The maximum atomic E-state index is 13.2. The van der Waals surface area contributed by atoms with E-state index in [1.165, 1.54) is 11.4 Å². The molecule has 2 atom stereocenters. The molecule has 0 saturated carbocycles. The van der Waals surface area contributed by atoms with Gasteiger partial charge in [-0.1, -0.05) is 36.4 Å². The van der Waals surface area contributed by atoms with Crippen LogP contribution in [0.2, 0.25) is 0 Å². The van der Waals surface area contributed by atoms with Crippen LogP contribution in [0.4, 0.5) is 16.2 Å². The summed E-state index contributed by atoms with van der Waals surface area (Å²) in [4.78, 5) is 20.4. The van der Waals surface area contributed by atoms with Gasteiger partial charge in [0.2, 0.25) is 0 Å². The van der Waals surface area contributed by atoms with Gasteiger partial charge in [0.05, 0.1) is 6.04 Å². The first-order valence-electron chi connectivity index (χ1n) is 11.1. The predicted molar refractivity (Wildman–Crippen MR) is 120 cm³/mol. The maximum Gasteiger partial charge on any atom is 0.410 e. The topological polar surface area (TPSA) is 36.0 Å². The van der Waals surface area contributed by atoms with Crippen molar-refractivity contribution in [2.75, 3.05) is 22.9 Å². The first-order chi connectivity index (χ1) is 14.4. The van der Waals surface area contributed by atoms with Crippen LogP contribution in [0.15, 0.2) is 60.7 Å². The van der Waals surface area contributed by atoms with E-state index in [0.717, 1.165) is 32.4 Å². The van der Waals surface area contributed by atoms with Gasteiger partial charge in [-0.25, -0.2) is 4.79 Å². The number of nitrogens with zero attached hydrogens (tertiary/aromatic N) is 3. The van der Waals surface area contributed by atoms with Crippen LogP contribution < -0.4 is 9.80 Å². The van der Waals surface area contributed by atoms with Crippen LogP contribution in [0.25, 0.3) is 0 Å². The molecule has 3 aliphatic heterocycles. The fourth-order valence-electron chi connectivity index (χ4n) is 5.85. The second-order valence-corrected chi connectivity index (χ2v) is 9.69. The van der Waals surface area contributed by atoms with E-state index in [-0.39, 0.29) is 23.8 Å². The van der Waals surface area contributed by atoms with Gasteiger partial charge in [0.1, 0.15) is 11.3 Å². The molecule has 1 amide bonds. The Balaban J connectivity index is 1.57. The van der Waals surface area contributed by atoms with E-state index in [9.17, 15) is 4.79 Å². The molecule has 0 radical (unpaired) electrons. The molecule has 5 nitrogen and oxygen atoms in total. The van der Waals surface area contributed by atoms with E-state index in [0.29, 0.717) is 0 Å². The number of amides is 1. The van der Waals surface area contributed by atoms with Gasteiger partial charge in [-0.05, 0) is 57.9 Å². The molecular formula is C25H31N3O2. The Morgan fingerprint density at radius 3 is 1.93 bits per heavy atom. The smallest absolute Gasteiger partial charge is 0.410 e. The first kappa shape index (κ1) is 19.3. The lowest BCUT2D eigenvalue weighted by molar-refractivity contribution is 0.0200. The number of ether oxygens (including phenoxy) is 1. The molecule has 158 valence electrons. The highest BCUT2D eigenvalue weighted by atomic mass is 16.6. The quantitative estimate of drug-likeness (QED) is 0.713. The van der Waals surface area contributed by atoms with Crippen molar-refractivity contribution in [2.45, 2.75) is 63.4 Å². The van der Waals surface area contributed by atoms with Gasteiger partial charge < -0.3 is 14.5 Å². The number of hydrogen-bond donors (Lipinski definition) is 0. The highest BCUT2D eigenvalue weighted by Crippen LogP contribution is 2.53. The summed E-state index contributed by atoms with van der Waals surface area (Å²) in [7, 11) is 0. The number of carbonyl (C=O) groups excluding carboxylic acids is 1. The molecule has 2 unspecified atom stereocenters. The number of para-hydroxylation sites is 2. The number of fused-ring (bicyclic) bond motifs is 3. The average Bonchev–Trinajstić information content (AvgIpc) is 3.39. The summed E-state index contributed by atoms with van der Waals surface area (Å²) >= 11 is 0. The van der Waals surface area contributed by atoms with Crippen LogP contribution in [0.1, 0.15) is 40.0 Å². The molecule has 3 fully saturated rings. The summed E-state index contributed by atoms with van der Waals surface area (Å²) in [5.41, 5.74) is 1.74. The van der Waals surface area contributed by atoms with Gasteiger partial charge in [-0.15, -0.1) is 0 Å². The monoisotopic (exact) mass is 405 g/mol. The largest absolute Gasteiger partial charge is 0.444 e. The van der Waals surface area contributed by atoms with Crippen LogP contribution in [0.5, 0.6) is 0 Å². The van der Waals surface area contributed by atoms with Gasteiger partial charge in [-0.3, -0.25) is 4.90 Å². The van der Waals surface area contributed by atoms with Crippen LogP contribution in [-0.2, 0) is 4.74 Å². The Kier molecular flexibility index (Phi) is 4.46. The van der Waals surface area contributed by atoms with Crippen molar-refractivity contribution in [2.24, 2.45) is 0 Å². The summed E-state index contributed by atoms with van der Waals surface area (Å²) in [5, 5.41) is 0. The number of carbonyl (C=O) groups is 1. The molecule has 5 heteroatoms. The van der Waals surface area contributed by atoms with Crippen molar-refractivity contribution in [1.29, 1.82) is 0 Å². The summed E-state index contributed by atoms with van der Waals surface area (Å²) in [5.74, 6) is 0. The van der Waals surface area contributed by atoms with Crippen LogP contribution in [0, 0.1) is 0 Å². The lowest BCUT2D eigenvalue weighted by atomic mass is 9.86. The summed E-state index contributed by atoms with van der Waals surface area (Å²) in [6, 6.07) is 21.7. The van der Waals surface area contributed by atoms with Gasteiger partial charge in [0.25, 0.3) is 0 Å². The van der Waals surface area contributed by atoms with E-state index >= 15 is 0 Å². The second-order valence-electron chi connectivity index (χ2n) is 9.69. The third-order valence-corrected chi connectivity index (χ3v) is 6.79. The van der Waals surface area contributed by atoms with E-state index in [4.69, 9.17) is 4.74 Å². The SMILES string of the molecule is CC(C)(C)OC(=O)N1C2CCC1C1(C2)N(c2ccccc2)CCN1c1ccccc1. The zero-order chi connectivity index (χ0) is 20.9. The Morgan fingerprint density at radius 1 is 0.900 bits per heavy atom. The molecule has 1 spiro atoms. The lowest BCUT2D eigenvalue weighted by Gasteiger charge is -2.48. The second kappa shape index (κ2) is 6.93. The molecule has 0 aliphatic carbocycles. The molecule has 3 saturated heterocycles. The van der Waals surface area contributed by atoms with Crippen molar-refractivity contribution < 1.29 is 9.53 Å². The van der Waals surface area contributed by atoms with Crippen molar-refractivity contribution in [3.63, 3.8) is 0 Å². The normalized spacial score (nSPS) is 24.7. The highest BCUT2D eigenvalue weighted by Gasteiger charge is 2.65.